The van der Waals surface area contributed by atoms with E-state index in [-0.39, 0.29) is 23.3 Å². The lowest BCUT2D eigenvalue weighted by Gasteiger charge is -2.26. The first-order valence-corrected chi connectivity index (χ1v) is 11.8. The minimum Gasteiger partial charge on any atom is -0.490 e. The van der Waals surface area contributed by atoms with Crippen molar-refractivity contribution in [2.75, 3.05) is 28.1 Å². The van der Waals surface area contributed by atoms with Crippen LogP contribution in [0.1, 0.15) is 38.8 Å². The highest BCUT2D eigenvalue weighted by Gasteiger charge is 2.37. The molecule has 0 spiro atoms. The molecular formula is C23H29N3O5S. The highest BCUT2D eigenvalue weighted by Crippen LogP contribution is 2.38. The first-order valence-electron chi connectivity index (χ1n) is 10.4. The molecule has 1 aliphatic rings. The predicted molar refractivity (Wildman–Crippen MR) is 125 cm³/mol. The number of benzene rings is 2. The zero-order valence-corrected chi connectivity index (χ0v) is 20.0. The Morgan fingerprint density at radius 2 is 1.78 bits per heavy atom. The number of nitrogens with one attached hydrogen (secondary N) is 2. The van der Waals surface area contributed by atoms with Gasteiger partial charge in [-0.2, -0.15) is 0 Å². The number of sulfonamides is 1. The summed E-state index contributed by atoms with van der Waals surface area (Å²) in [6, 6.07) is 7.92. The van der Waals surface area contributed by atoms with E-state index in [1.54, 1.807) is 36.9 Å². The van der Waals surface area contributed by atoms with Crippen LogP contribution in [0, 0.1) is 19.3 Å². The average Bonchev–Trinajstić information content (AvgIpc) is 2.78. The van der Waals surface area contributed by atoms with E-state index in [2.05, 4.69) is 10.0 Å². The van der Waals surface area contributed by atoms with E-state index in [0.29, 0.717) is 40.5 Å². The Bertz CT molecular complexity index is 1170. The van der Waals surface area contributed by atoms with Crippen molar-refractivity contribution in [2.24, 2.45) is 5.41 Å². The Morgan fingerprint density at radius 1 is 1.16 bits per heavy atom. The van der Waals surface area contributed by atoms with E-state index in [4.69, 9.17) is 4.74 Å². The van der Waals surface area contributed by atoms with Crippen molar-refractivity contribution in [3.05, 3.63) is 41.5 Å². The fourth-order valence-electron chi connectivity index (χ4n) is 3.69. The molecule has 2 aromatic carbocycles. The number of rotatable bonds is 5. The number of nitrogens with zero attached hydrogens (tertiary/aromatic N) is 1. The lowest BCUT2D eigenvalue weighted by Crippen LogP contribution is -2.42. The van der Waals surface area contributed by atoms with Crippen LogP contribution in [0.3, 0.4) is 0 Å². The second-order valence-electron chi connectivity index (χ2n) is 8.62. The molecule has 0 atom stereocenters. The van der Waals surface area contributed by atoms with E-state index < -0.39 is 15.4 Å². The summed E-state index contributed by atoms with van der Waals surface area (Å²) in [5.41, 5.74) is 2.13. The largest absolute Gasteiger partial charge is 0.490 e. The molecular weight excluding hydrogens is 430 g/mol. The first-order chi connectivity index (χ1) is 14.9. The van der Waals surface area contributed by atoms with Crippen molar-refractivity contribution in [3.8, 4) is 5.75 Å². The number of carbonyl (C=O) groups is 2. The van der Waals surface area contributed by atoms with E-state index >= 15 is 0 Å². The van der Waals surface area contributed by atoms with Crippen molar-refractivity contribution < 1.29 is 22.7 Å². The highest BCUT2D eigenvalue weighted by molar-refractivity contribution is 7.92. The summed E-state index contributed by atoms with van der Waals surface area (Å²) < 4.78 is 34.6. The van der Waals surface area contributed by atoms with Crippen LogP contribution in [-0.2, 0) is 19.6 Å². The molecule has 8 nitrogen and oxygen atoms in total. The number of amides is 2. The Labute approximate surface area is 189 Å². The summed E-state index contributed by atoms with van der Waals surface area (Å²) in [5, 5.41) is 2.73. The number of fused-ring (bicyclic) bond motifs is 1. The van der Waals surface area contributed by atoms with Crippen LogP contribution in [0.2, 0.25) is 0 Å². The maximum absolute atomic E-state index is 13.0. The van der Waals surface area contributed by atoms with Crippen molar-refractivity contribution in [2.45, 2.75) is 46.4 Å². The summed E-state index contributed by atoms with van der Waals surface area (Å²) in [6.45, 7) is 11.1. The highest BCUT2D eigenvalue weighted by atomic mass is 32.2. The van der Waals surface area contributed by atoms with Crippen LogP contribution in [0.4, 0.5) is 17.1 Å². The van der Waals surface area contributed by atoms with Gasteiger partial charge >= 0.3 is 0 Å². The number of ether oxygens (including phenoxy) is 1. The number of anilines is 3. The Morgan fingerprint density at radius 3 is 2.34 bits per heavy atom. The summed E-state index contributed by atoms with van der Waals surface area (Å²) >= 11 is 0. The van der Waals surface area contributed by atoms with Crippen molar-refractivity contribution >= 4 is 38.9 Å². The molecule has 0 fully saturated rings. The van der Waals surface area contributed by atoms with Crippen LogP contribution in [0.25, 0.3) is 0 Å². The molecule has 0 unspecified atom stereocenters. The van der Waals surface area contributed by atoms with E-state index in [1.807, 2.05) is 20.8 Å². The molecule has 2 N–H and O–H groups in total. The van der Waals surface area contributed by atoms with E-state index in [9.17, 15) is 18.0 Å². The second kappa shape index (κ2) is 8.46. The molecule has 0 saturated carbocycles. The molecule has 0 saturated heterocycles. The van der Waals surface area contributed by atoms with Crippen LogP contribution < -0.4 is 19.7 Å². The van der Waals surface area contributed by atoms with Crippen molar-refractivity contribution in [1.29, 1.82) is 0 Å². The quantitative estimate of drug-likeness (QED) is 0.707. The van der Waals surface area contributed by atoms with Crippen LogP contribution in [-0.4, -0.2) is 33.4 Å². The van der Waals surface area contributed by atoms with Gasteiger partial charge in [0.1, 0.15) is 12.4 Å². The van der Waals surface area contributed by atoms with Gasteiger partial charge in [0.05, 0.1) is 21.7 Å². The van der Waals surface area contributed by atoms with Gasteiger partial charge in [-0.15, -0.1) is 0 Å². The molecule has 1 aliphatic heterocycles. The fourth-order valence-corrected chi connectivity index (χ4v) is 4.91. The smallest absolute Gasteiger partial charge is 0.261 e. The maximum atomic E-state index is 13.0. The Balaban J connectivity index is 1.94. The minimum atomic E-state index is -3.89. The molecule has 0 aliphatic carbocycles. The third kappa shape index (κ3) is 4.57. The van der Waals surface area contributed by atoms with Gasteiger partial charge in [-0.3, -0.25) is 14.3 Å². The SMILES string of the molecule is CCN1C(=O)C(C)(C)COc2cc(NS(=O)(=O)c3cc(C)c(NC(C)=O)c(C)c3)ccc21. The number of aryl methyl sites for hydroxylation is 2. The number of hydrogen-bond acceptors (Lipinski definition) is 5. The monoisotopic (exact) mass is 459 g/mol. The molecule has 32 heavy (non-hydrogen) atoms. The molecule has 172 valence electrons. The van der Waals surface area contributed by atoms with Crippen LogP contribution in [0.15, 0.2) is 35.2 Å². The zero-order valence-electron chi connectivity index (χ0n) is 19.2. The molecule has 9 heteroatoms. The van der Waals surface area contributed by atoms with Crippen LogP contribution in [0.5, 0.6) is 5.75 Å². The standard InChI is InChI=1S/C23H29N3O5S/c1-7-26-19-9-8-17(12-20(19)31-13-23(5,6)22(26)28)25-32(29,30)18-10-14(2)21(15(3)11-18)24-16(4)27/h8-12,25H,7,13H2,1-6H3,(H,24,27). The topological polar surface area (TPSA) is 105 Å². The predicted octanol–water partition coefficient (Wildman–Crippen LogP) is 3.83. The maximum Gasteiger partial charge on any atom is 0.261 e. The second-order valence-corrected chi connectivity index (χ2v) is 10.3. The van der Waals surface area contributed by atoms with Gasteiger partial charge in [-0.1, -0.05) is 0 Å². The fraction of sp³-hybridized carbons (Fsp3) is 0.391. The van der Waals surface area contributed by atoms with Gasteiger partial charge in [-0.25, -0.2) is 8.42 Å². The van der Waals surface area contributed by atoms with E-state index in [0.717, 1.165) is 0 Å². The number of carbonyl (C=O) groups excluding carboxylic acids is 2. The summed E-state index contributed by atoms with van der Waals surface area (Å²) in [4.78, 5) is 26.0. The number of hydrogen-bond donors (Lipinski definition) is 2. The van der Waals surface area contributed by atoms with Gasteiger partial charge in [0.2, 0.25) is 11.8 Å². The molecule has 1 heterocycles. The summed E-state index contributed by atoms with van der Waals surface area (Å²) in [5.74, 6) is 0.175. The molecule has 3 rings (SSSR count). The zero-order chi connectivity index (χ0) is 23.8. The summed E-state index contributed by atoms with van der Waals surface area (Å²) in [7, 11) is -3.89. The van der Waals surface area contributed by atoms with E-state index in [1.165, 1.54) is 19.1 Å². The van der Waals surface area contributed by atoms with Gasteiger partial charge in [0.15, 0.2) is 0 Å². The molecule has 2 aromatic rings. The lowest BCUT2D eigenvalue weighted by atomic mass is 9.93. The first kappa shape index (κ1) is 23.6. The van der Waals surface area contributed by atoms with Gasteiger partial charge in [0, 0.05) is 25.2 Å². The van der Waals surface area contributed by atoms with Gasteiger partial charge in [-0.05, 0) is 70.0 Å². The van der Waals surface area contributed by atoms with Crippen molar-refractivity contribution in [1.82, 2.24) is 0 Å². The molecule has 0 radical (unpaired) electrons. The third-order valence-electron chi connectivity index (χ3n) is 5.35. The molecule has 0 aromatic heterocycles. The molecule has 2 amide bonds. The Kier molecular flexibility index (Phi) is 6.24. The van der Waals surface area contributed by atoms with Crippen LogP contribution >= 0.6 is 0 Å². The lowest BCUT2D eigenvalue weighted by molar-refractivity contribution is -0.127. The molecule has 0 bridgehead atoms. The van der Waals surface area contributed by atoms with Crippen molar-refractivity contribution in [3.63, 3.8) is 0 Å². The Hall–Kier alpha value is -3.07. The third-order valence-corrected chi connectivity index (χ3v) is 6.71. The summed E-state index contributed by atoms with van der Waals surface area (Å²) in [6.07, 6.45) is 0. The minimum absolute atomic E-state index is 0.0442. The van der Waals surface area contributed by atoms with Gasteiger partial charge in [0.25, 0.3) is 10.0 Å². The average molecular weight is 460 g/mol. The van der Waals surface area contributed by atoms with Gasteiger partial charge < -0.3 is 15.0 Å². The normalized spacial score (nSPS) is 15.4.